The zero-order chi connectivity index (χ0) is 13.4. The van der Waals surface area contributed by atoms with E-state index in [1.165, 1.54) is 11.3 Å². The molecule has 4 heteroatoms. The Morgan fingerprint density at radius 2 is 1.78 bits per heavy atom. The number of piperazine rings is 1. The van der Waals surface area contributed by atoms with Crippen LogP contribution in [-0.4, -0.2) is 66.5 Å². The third-order valence-corrected chi connectivity index (χ3v) is 3.37. The van der Waals surface area contributed by atoms with Gasteiger partial charge in [-0.25, -0.2) is 0 Å². The second-order valence-corrected chi connectivity index (χ2v) is 5.03. The van der Waals surface area contributed by atoms with E-state index in [9.17, 15) is 0 Å². The molecule has 1 rings (SSSR count). The number of hydrogen-bond acceptors (Lipinski definition) is 4. The standard InChI is InChI=1S/C14H27N3O/c1-4-14(3)15-11-13(2)12-17-7-5-16(6-8-17)9-10-18/h11,18H,4-10,12H2,1-3H3/b13-11+,15-14+. The summed E-state index contributed by atoms with van der Waals surface area (Å²) in [5.41, 5.74) is 2.50. The highest BCUT2D eigenvalue weighted by Gasteiger charge is 2.15. The normalized spacial score (nSPS) is 20.4. The summed E-state index contributed by atoms with van der Waals surface area (Å²) in [6.07, 6.45) is 3.02. The van der Waals surface area contributed by atoms with Gasteiger partial charge in [-0.05, 0) is 25.8 Å². The number of aliphatic hydroxyl groups excluding tert-OH is 1. The van der Waals surface area contributed by atoms with Gasteiger partial charge < -0.3 is 5.11 Å². The van der Waals surface area contributed by atoms with Gasteiger partial charge in [-0.3, -0.25) is 14.8 Å². The van der Waals surface area contributed by atoms with E-state index in [1.54, 1.807) is 0 Å². The van der Waals surface area contributed by atoms with E-state index in [1.807, 2.05) is 6.20 Å². The van der Waals surface area contributed by atoms with Crippen LogP contribution < -0.4 is 0 Å². The van der Waals surface area contributed by atoms with Crippen molar-refractivity contribution in [2.45, 2.75) is 27.2 Å². The van der Waals surface area contributed by atoms with E-state index < -0.39 is 0 Å². The van der Waals surface area contributed by atoms with Crippen LogP contribution in [0.15, 0.2) is 16.8 Å². The summed E-state index contributed by atoms with van der Waals surface area (Å²) in [5.74, 6) is 0. The molecule has 1 fully saturated rings. The average Bonchev–Trinajstić information content (AvgIpc) is 2.38. The fourth-order valence-electron chi connectivity index (χ4n) is 2.02. The fourth-order valence-corrected chi connectivity index (χ4v) is 2.02. The van der Waals surface area contributed by atoms with Crippen molar-refractivity contribution in [1.82, 2.24) is 9.80 Å². The lowest BCUT2D eigenvalue weighted by atomic mass is 10.2. The minimum atomic E-state index is 0.268. The van der Waals surface area contributed by atoms with Crippen molar-refractivity contribution in [3.8, 4) is 0 Å². The molecular formula is C14H27N3O. The lowest BCUT2D eigenvalue weighted by Gasteiger charge is -2.34. The smallest absolute Gasteiger partial charge is 0.0558 e. The molecule has 0 bridgehead atoms. The van der Waals surface area contributed by atoms with Crippen molar-refractivity contribution in [2.75, 3.05) is 45.9 Å². The maximum absolute atomic E-state index is 8.90. The van der Waals surface area contributed by atoms with Gasteiger partial charge in [0.15, 0.2) is 0 Å². The summed E-state index contributed by atoms with van der Waals surface area (Å²) in [4.78, 5) is 9.21. The average molecular weight is 253 g/mol. The van der Waals surface area contributed by atoms with Crippen LogP contribution in [0.25, 0.3) is 0 Å². The van der Waals surface area contributed by atoms with Crippen molar-refractivity contribution in [3.05, 3.63) is 11.8 Å². The SMILES string of the molecule is CC/C(C)=N/C=C(\C)CN1CCN(CCO)CC1. The van der Waals surface area contributed by atoms with Crippen LogP contribution in [0.4, 0.5) is 0 Å². The first-order valence-corrected chi connectivity index (χ1v) is 6.90. The molecule has 0 aromatic rings. The largest absolute Gasteiger partial charge is 0.395 e. The van der Waals surface area contributed by atoms with Crippen molar-refractivity contribution >= 4 is 5.71 Å². The van der Waals surface area contributed by atoms with E-state index in [2.05, 4.69) is 35.6 Å². The molecule has 0 aliphatic carbocycles. The first kappa shape index (κ1) is 15.3. The van der Waals surface area contributed by atoms with Crippen LogP contribution >= 0.6 is 0 Å². The number of rotatable bonds is 6. The van der Waals surface area contributed by atoms with Crippen molar-refractivity contribution in [1.29, 1.82) is 0 Å². The fraction of sp³-hybridized carbons (Fsp3) is 0.786. The molecule has 1 heterocycles. The summed E-state index contributed by atoms with van der Waals surface area (Å²) in [7, 11) is 0. The molecule has 0 aromatic carbocycles. The quantitative estimate of drug-likeness (QED) is 0.727. The molecule has 4 nitrogen and oxygen atoms in total. The zero-order valence-corrected chi connectivity index (χ0v) is 12.0. The molecule has 18 heavy (non-hydrogen) atoms. The summed E-state index contributed by atoms with van der Waals surface area (Å²) in [6, 6.07) is 0. The van der Waals surface area contributed by atoms with Crippen LogP contribution in [0.3, 0.4) is 0 Å². The number of nitrogens with zero attached hydrogens (tertiary/aromatic N) is 3. The van der Waals surface area contributed by atoms with Crippen LogP contribution in [-0.2, 0) is 0 Å². The van der Waals surface area contributed by atoms with Crippen LogP contribution in [0, 0.1) is 0 Å². The Morgan fingerprint density at radius 3 is 2.33 bits per heavy atom. The molecule has 1 aliphatic rings. The summed E-state index contributed by atoms with van der Waals surface area (Å²) in [5, 5.41) is 8.90. The Hall–Kier alpha value is -0.710. The first-order valence-electron chi connectivity index (χ1n) is 6.90. The lowest BCUT2D eigenvalue weighted by molar-refractivity contribution is 0.118. The summed E-state index contributed by atoms with van der Waals surface area (Å²) < 4.78 is 0. The third-order valence-electron chi connectivity index (χ3n) is 3.37. The third kappa shape index (κ3) is 5.76. The highest BCUT2D eigenvalue weighted by molar-refractivity contribution is 5.82. The highest BCUT2D eigenvalue weighted by Crippen LogP contribution is 2.05. The van der Waals surface area contributed by atoms with Gasteiger partial charge in [-0.1, -0.05) is 6.92 Å². The number of aliphatic hydroxyl groups is 1. The predicted molar refractivity (Wildman–Crippen MR) is 77.1 cm³/mol. The van der Waals surface area contributed by atoms with E-state index in [4.69, 9.17) is 5.11 Å². The Labute approximate surface area is 111 Å². The minimum absolute atomic E-state index is 0.268. The second-order valence-electron chi connectivity index (χ2n) is 5.03. The van der Waals surface area contributed by atoms with Crippen molar-refractivity contribution < 1.29 is 5.11 Å². The first-order chi connectivity index (χ1) is 8.65. The van der Waals surface area contributed by atoms with Gasteiger partial charge in [0.2, 0.25) is 0 Å². The second kappa shape index (κ2) is 8.40. The van der Waals surface area contributed by atoms with Gasteiger partial charge in [0.25, 0.3) is 0 Å². The maximum atomic E-state index is 8.90. The molecule has 0 amide bonds. The predicted octanol–water partition coefficient (Wildman–Crippen LogP) is 1.37. The Morgan fingerprint density at radius 1 is 1.17 bits per heavy atom. The topological polar surface area (TPSA) is 39.1 Å². The lowest BCUT2D eigenvalue weighted by Crippen LogP contribution is -2.47. The Balaban J connectivity index is 2.32. The zero-order valence-electron chi connectivity index (χ0n) is 12.0. The van der Waals surface area contributed by atoms with E-state index in [0.717, 1.165) is 45.7 Å². The maximum Gasteiger partial charge on any atom is 0.0558 e. The molecule has 0 atom stereocenters. The molecule has 1 aliphatic heterocycles. The number of hydrogen-bond donors (Lipinski definition) is 1. The van der Waals surface area contributed by atoms with Gasteiger partial charge in [0.1, 0.15) is 0 Å². The van der Waals surface area contributed by atoms with Gasteiger partial charge in [0.05, 0.1) is 6.61 Å². The van der Waals surface area contributed by atoms with Gasteiger partial charge in [-0.15, -0.1) is 0 Å². The summed E-state index contributed by atoms with van der Waals surface area (Å²) in [6.45, 7) is 12.7. The monoisotopic (exact) mass is 253 g/mol. The molecule has 1 saturated heterocycles. The van der Waals surface area contributed by atoms with E-state index in [-0.39, 0.29) is 6.61 Å². The molecular weight excluding hydrogens is 226 g/mol. The molecule has 104 valence electrons. The molecule has 1 N–H and O–H groups in total. The minimum Gasteiger partial charge on any atom is -0.395 e. The Kier molecular flexibility index (Phi) is 7.16. The van der Waals surface area contributed by atoms with Crippen LogP contribution in [0.1, 0.15) is 27.2 Å². The molecule has 0 radical (unpaired) electrons. The van der Waals surface area contributed by atoms with Gasteiger partial charge >= 0.3 is 0 Å². The highest BCUT2D eigenvalue weighted by atomic mass is 16.3. The molecule has 0 aromatic heterocycles. The van der Waals surface area contributed by atoms with Gasteiger partial charge in [0, 0.05) is 51.2 Å². The molecule has 0 unspecified atom stereocenters. The number of aliphatic imine (C=N–C) groups is 1. The molecule has 0 saturated carbocycles. The van der Waals surface area contributed by atoms with E-state index in [0.29, 0.717) is 0 Å². The van der Waals surface area contributed by atoms with Crippen molar-refractivity contribution in [2.24, 2.45) is 4.99 Å². The van der Waals surface area contributed by atoms with E-state index >= 15 is 0 Å². The van der Waals surface area contributed by atoms with Crippen LogP contribution in [0.5, 0.6) is 0 Å². The number of β-amino-alcohol motifs (C(OH)–C–C–N with tert-alkyl or cyclic N) is 1. The molecule has 0 spiro atoms. The van der Waals surface area contributed by atoms with Crippen molar-refractivity contribution in [3.63, 3.8) is 0 Å². The van der Waals surface area contributed by atoms with Crippen LogP contribution in [0.2, 0.25) is 0 Å². The van der Waals surface area contributed by atoms with Gasteiger partial charge in [-0.2, -0.15) is 0 Å². The Bertz CT molecular complexity index is 291. The summed E-state index contributed by atoms with van der Waals surface area (Å²) >= 11 is 0.